The van der Waals surface area contributed by atoms with Gasteiger partial charge in [-0.05, 0) is 50.0 Å². The highest BCUT2D eigenvalue weighted by atomic mass is 32.1. The summed E-state index contributed by atoms with van der Waals surface area (Å²) >= 11 is 1.46. The molecule has 2 atom stereocenters. The van der Waals surface area contributed by atoms with Gasteiger partial charge in [0, 0.05) is 42.4 Å². The monoisotopic (exact) mass is 562 g/mol. The first-order chi connectivity index (χ1) is 18.6. The number of aryl methyl sites for hydroxylation is 2. The summed E-state index contributed by atoms with van der Waals surface area (Å²) in [5.74, 6) is 0.544. The Hall–Kier alpha value is -3.42. The second-order valence-corrected chi connectivity index (χ2v) is 11.8. The number of amides is 2. The third kappa shape index (κ3) is 5.13. The number of nitrogens with zero attached hydrogens (tertiary/aromatic N) is 5. The fraction of sp³-hybridized carbons (Fsp3) is 0.560. The number of halogens is 3. The van der Waals surface area contributed by atoms with Crippen LogP contribution in [0.1, 0.15) is 77.5 Å². The van der Waals surface area contributed by atoms with Crippen molar-refractivity contribution in [1.82, 2.24) is 29.9 Å². The molecule has 2 fully saturated rings. The first-order valence-corrected chi connectivity index (χ1v) is 13.9. The average Bonchev–Trinajstić information content (AvgIpc) is 3.79. The van der Waals surface area contributed by atoms with Gasteiger partial charge in [0.05, 0.1) is 5.56 Å². The average molecular weight is 563 g/mol. The fourth-order valence-corrected chi connectivity index (χ4v) is 6.51. The molecule has 3 aromatic rings. The second kappa shape index (κ2) is 9.65. The largest absolute Gasteiger partial charge is 0.435 e. The highest BCUT2D eigenvalue weighted by molar-refractivity contribution is 7.17. The van der Waals surface area contributed by atoms with Crippen molar-refractivity contribution in [3.05, 3.63) is 34.1 Å². The predicted octanol–water partition coefficient (Wildman–Crippen LogP) is 4.61. The van der Waals surface area contributed by atoms with Crippen molar-refractivity contribution in [1.29, 1.82) is 0 Å². The van der Waals surface area contributed by atoms with E-state index < -0.39 is 11.9 Å². The SMILES string of the molecule is C[C@@H]1c2c(sc(NC(=O)C3CC3)c2C(=O)NCC2CC2)CC[C@H]1n1cnnc1Nc1cc(C(F)(F)F)nn1C. The Balaban J connectivity index is 1.29. The molecule has 6 rings (SSSR count). The van der Waals surface area contributed by atoms with Gasteiger partial charge < -0.3 is 16.0 Å². The van der Waals surface area contributed by atoms with E-state index in [2.05, 4.69) is 31.2 Å². The molecule has 0 unspecified atom stereocenters. The minimum atomic E-state index is -4.57. The molecule has 3 N–H and O–H groups in total. The molecule has 0 aliphatic heterocycles. The second-order valence-electron chi connectivity index (χ2n) is 10.7. The van der Waals surface area contributed by atoms with Gasteiger partial charge in [-0.2, -0.15) is 18.3 Å². The number of rotatable bonds is 8. The number of anilines is 3. The Morgan fingerprint density at radius 1 is 1.18 bits per heavy atom. The Labute approximate surface area is 226 Å². The number of hydrogen-bond donors (Lipinski definition) is 3. The Morgan fingerprint density at radius 2 is 1.95 bits per heavy atom. The number of aromatic nitrogens is 5. The summed E-state index contributed by atoms with van der Waals surface area (Å²) in [7, 11) is 1.42. The summed E-state index contributed by atoms with van der Waals surface area (Å²) in [5.41, 5.74) is 0.413. The maximum absolute atomic E-state index is 13.5. The summed E-state index contributed by atoms with van der Waals surface area (Å²) in [6.45, 7) is 2.64. The van der Waals surface area contributed by atoms with Crippen LogP contribution in [-0.4, -0.2) is 42.9 Å². The number of carbonyl (C=O) groups is 2. The zero-order valence-corrected chi connectivity index (χ0v) is 22.3. The van der Waals surface area contributed by atoms with E-state index in [1.54, 1.807) is 10.9 Å². The normalized spacial score (nSPS) is 20.9. The summed E-state index contributed by atoms with van der Waals surface area (Å²) in [5, 5.41) is 21.3. The van der Waals surface area contributed by atoms with Gasteiger partial charge in [-0.3, -0.25) is 18.8 Å². The van der Waals surface area contributed by atoms with Gasteiger partial charge >= 0.3 is 6.18 Å². The van der Waals surface area contributed by atoms with Crippen LogP contribution in [0, 0.1) is 11.8 Å². The molecule has 0 spiro atoms. The number of hydrogen-bond acceptors (Lipinski definition) is 7. The highest BCUT2D eigenvalue weighted by Gasteiger charge is 2.39. The Morgan fingerprint density at radius 3 is 2.62 bits per heavy atom. The van der Waals surface area contributed by atoms with Crippen molar-refractivity contribution in [2.45, 2.75) is 63.6 Å². The van der Waals surface area contributed by atoms with Crippen LogP contribution in [0.25, 0.3) is 0 Å². The number of alkyl halides is 3. The maximum Gasteiger partial charge on any atom is 0.435 e. The van der Waals surface area contributed by atoms with Crippen LogP contribution >= 0.6 is 11.3 Å². The van der Waals surface area contributed by atoms with E-state index in [9.17, 15) is 22.8 Å². The molecule has 3 aliphatic carbocycles. The molecule has 0 bridgehead atoms. The molecule has 39 heavy (non-hydrogen) atoms. The lowest BCUT2D eigenvalue weighted by Gasteiger charge is -2.31. The van der Waals surface area contributed by atoms with Crippen LogP contribution in [0.2, 0.25) is 0 Å². The zero-order valence-electron chi connectivity index (χ0n) is 21.5. The molecule has 0 radical (unpaired) electrons. The van der Waals surface area contributed by atoms with Gasteiger partial charge in [0.2, 0.25) is 11.9 Å². The number of carbonyl (C=O) groups excluding carboxylic acids is 2. The number of thiophene rings is 1. The molecule has 208 valence electrons. The number of nitrogens with one attached hydrogen (secondary N) is 3. The van der Waals surface area contributed by atoms with Crippen LogP contribution in [0.5, 0.6) is 0 Å². The van der Waals surface area contributed by atoms with Gasteiger partial charge in [-0.15, -0.1) is 21.5 Å². The van der Waals surface area contributed by atoms with Crippen molar-refractivity contribution < 1.29 is 22.8 Å². The fourth-order valence-electron chi connectivity index (χ4n) is 5.19. The van der Waals surface area contributed by atoms with Crippen molar-refractivity contribution in [3.63, 3.8) is 0 Å². The van der Waals surface area contributed by atoms with E-state index in [0.29, 0.717) is 35.9 Å². The van der Waals surface area contributed by atoms with Gasteiger partial charge in [0.15, 0.2) is 5.69 Å². The van der Waals surface area contributed by atoms with E-state index in [1.165, 1.54) is 18.4 Å². The third-order valence-corrected chi connectivity index (χ3v) is 8.90. The van der Waals surface area contributed by atoms with Gasteiger partial charge in [0.25, 0.3) is 5.91 Å². The molecule has 3 aromatic heterocycles. The van der Waals surface area contributed by atoms with E-state index >= 15 is 0 Å². The lowest BCUT2D eigenvalue weighted by atomic mass is 9.82. The molecule has 3 aliphatic rings. The predicted molar refractivity (Wildman–Crippen MR) is 138 cm³/mol. The van der Waals surface area contributed by atoms with Crippen LogP contribution < -0.4 is 16.0 Å². The summed E-state index contributed by atoms with van der Waals surface area (Å²) in [6, 6.07) is 0.763. The van der Waals surface area contributed by atoms with Crippen LogP contribution in [0.3, 0.4) is 0 Å². The van der Waals surface area contributed by atoms with E-state index in [1.807, 2.05) is 6.92 Å². The van der Waals surface area contributed by atoms with E-state index in [0.717, 1.165) is 46.9 Å². The summed E-state index contributed by atoms with van der Waals surface area (Å²) in [4.78, 5) is 27.2. The smallest absolute Gasteiger partial charge is 0.352 e. The topological polar surface area (TPSA) is 119 Å². The van der Waals surface area contributed by atoms with Crippen molar-refractivity contribution in [2.24, 2.45) is 18.9 Å². The molecule has 2 saturated carbocycles. The minimum absolute atomic E-state index is 0.00666. The maximum atomic E-state index is 13.5. The van der Waals surface area contributed by atoms with Crippen LogP contribution in [0.4, 0.5) is 29.9 Å². The summed E-state index contributed by atoms with van der Waals surface area (Å²) < 4.78 is 42.4. The molecule has 3 heterocycles. The molecular formula is C25H29F3N8O2S. The molecule has 14 heteroatoms. The summed E-state index contributed by atoms with van der Waals surface area (Å²) in [6.07, 6.45) is 2.31. The van der Waals surface area contributed by atoms with Gasteiger partial charge in [-0.25, -0.2) is 0 Å². The van der Waals surface area contributed by atoms with Crippen molar-refractivity contribution in [2.75, 3.05) is 17.2 Å². The zero-order chi connectivity index (χ0) is 27.5. The number of fused-ring (bicyclic) bond motifs is 1. The van der Waals surface area contributed by atoms with Gasteiger partial charge in [0.1, 0.15) is 17.1 Å². The highest BCUT2D eigenvalue weighted by Crippen LogP contribution is 2.48. The van der Waals surface area contributed by atoms with Gasteiger partial charge in [-0.1, -0.05) is 6.92 Å². The molecule has 10 nitrogen and oxygen atoms in total. The van der Waals surface area contributed by atoms with Crippen LogP contribution in [-0.2, 0) is 24.4 Å². The van der Waals surface area contributed by atoms with E-state index in [4.69, 9.17) is 0 Å². The van der Waals surface area contributed by atoms with Crippen molar-refractivity contribution >= 4 is 39.9 Å². The quantitative estimate of drug-likeness (QED) is 0.369. The van der Waals surface area contributed by atoms with Crippen LogP contribution in [0.15, 0.2) is 12.4 Å². The molecule has 0 saturated heterocycles. The first-order valence-electron chi connectivity index (χ1n) is 13.1. The first kappa shape index (κ1) is 25.8. The third-order valence-electron chi connectivity index (χ3n) is 7.72. The lowest BCUT2D eigenvalue weighted by molar-refractivity contribution is -0.141. The van der Waals surface area contributed by atoms with E-state index in [-0.39, 0.29) is 41.5 Å². The Kier molecular flexibility index (Phi) is 6.39. The Bertz CT molecular complexity index is 1420. The molecule has 2 amide bonds. The molecular weight excluding hydrogens is 533 g/mol. The van der Waals surface area contributed by atoms with Crippen molar-refractivity contribution in [3.8, 4) is 0 Å². The molecule has 0 aromatic carbocycles. The minimum Gasteiger partial charge on any atom is -0.352 e. The lowest BCUT2D eigenvalue weighted by Crippen LogP contribution is -2.30. The standard InChI is InChI=1S/C25H29F3N8O2S/c1-12-15(36-11-30-33-24(36)31-18-9-17(25(26,27)28)34-35(18)2)7-8-16-19(12)20(22(38)29-10-13-3-4-13)23(39-16)32-21(37)14-5-6-14/h9,11-15H,3-8,10H2,1-2H3,(H,29,38)(H,31,33)(H,32,37)/t12-,15+/m0/s1.